The standard InChI is InChI=1S/C12H8FIN2/c1-16-7-10(14)12(11(16)6-15)8-2-4-9(13)5-3-8/h2-5,7H,1H3. The van der Waals surface area contributed by atoms with Crippen LogP contribution in [0.5, 0.6) is 0 Å². The minimum Gasteiger partial charge on any atom is -0.341 e. The summed E-state index contributed by atoms with van der Waals surface area (Å²) in [6.07, 6.45) is 1.89. The van der Waals surface area contributed by atoms with Crippen LogP contribution in [0.25, 0.3) is 11.1 Å². The lowest BCUT2D eigenvalue weighted by molar-refractivity contribution is 0.628. The average Bonchev–Trinajstić information content (AvgIpc) is 2.54. The van der Waals surface area contributed by atoms with Gasteiger partial charge >= 0.3 is 0 Å². The third-order valence-electron chi connectivity index (χ3n) is 2.37. The summed E-state index contributed by atoms with van der Waals surface area (Å²) in [4.78, 5) is 0. The van der Waals surface area contributed by atoms with Gasteiger partial charge in [0.2, 0.25) is 0 Å². The lowest BCUT2D eigenvalue weighted by Gasteiger charge is -2.01. The number of benzene rings is 1. The summed E-state index contributed by atoms with van der Waals surface area (Å²) in [5, 5.41) is 9.08. The summed E-state index contributed by atoms with van der Waals surface area (Å²) in [6.45, 7) is 0. The normalized spacial score (nSPS) is 10.1. The molecule has 2 rings (SSSR count). The Labute approximate surface area is 106 Å². The monoisotopic (exact) mass is 326 g/mol. The molecule has 0 aliphatic rings. The van der Waals surface area contributed by atoms with E-state index in [4.69, 9.17) is 5.26 Å². The minimum absolute atomic E-state index is 0.270. The molecule has 0 aliphatic carbocycles. The molecule has 1 aromatic carbocycles. The summed E-state index contributed by atoms with van der Waals surface area (Å²) in [5.41, 5.74) is 2.32. The molecule has 4 heteroatoms. The first-order valence-electron chi connectivity index (χ1n) is 4.64. The van der Waals surface area contributed by atoms with Crippen LogP contribution >= 0.6 is 22.6 Å². The molecular formula is C12H8FIN2. The van der Waals surface area contributed by atoms with Crippen LogP contribution in [0, 0.1) is 20.7 Å². The molecule has 0 radical (unpaired) electrons. The van der Waals surface area contributed by atoms with Crippen LogP contribution in [-0.4, -0.2) is 4.57 Å². The van der Waals surface area contributed by atoms with Crippen LogP contribution in [0.4, 0.5) is 4.39 Å². The predicted octanol–water partition coefficient (Wildman–Crippen LogP) is 3.31. The van der Waals surface area contributed by atoms with E-state index in [0.717, 1.165) is 14.7 Å². The fourth-order valence-corrected chi connectivity index (χ4v) is 2.60. The maximum absolute atomic E-state index is 12.8. The summed E-state index contributed by atoms with van der Waals surface area (Å²) in [6, 6.07) is 8.34. The Hall–Kier alpha value is -1.35. The number of nitrogens with zero attached hydrogens (tertiary/aromatic N) is 2. The fourth-order valence-electron chi connectivity index (χ4n) is 1.61. The van der Waals surface area contributed by atoms with Gasteiger partial charge < -0.3 is 4.57 Å². The number of rotatable bonds is 1. The van der Waals surface area contributed by atoms with E-state index >= 15 is 0 Å². The number of nitriles is 1. The zero-order valence-electron chi connectivity index (χ0n) is 8.54. The van der Waals surface area contributed by atoms with Crippen molar-refractivity contribution in [2.75, 3.05) is 0 Å². The van der Waals surface area contributed by atoms with Crippen LogP contribution < -0.4 is 0 Å². The van der Waals surface area contributed by atoms with Crippen molar-refractivity contribution in [1.82, 2.24) is 4.57 Å². The van der Waals surface area contributed by atoms with E-state index < -0.39 is 0 Å². The second kappa shape index (κ2) is 4.26. The molecule has 0 amide bonds. The van der Waals surface area contributed by atoms with E-state index in [1.807, 2.05) is 13.2 Å². The lowest BCUT2D eigenvalue weighted by atomic mass is 10.1. The van der Waals surface area contributed by atoms with Crippen LogP contribution in [0.15, 0.2) is 30.5 Å². The second-order valence-corrected chi connectivity index (χ2v) is 4.59. The Morgan fingerprint density at radius 1 is 1.31 bits per heavy atom. The highest BCUT2D eigenvalue weighted by Gasteiger charge is 2.13. The molecule has 2 aromatic rings. The summed E-state index contributed by atoms with van der Waals surface area (Å²) >= 11 is 2.18. The first-order valence-corrected chi connectivity index (χ1v) is 5.72. The minimum atomic E-state index is -0.270. The molecule has 0 unspecified atom stereocenters. The topological polar surface area (TPSA) is 28.7 Å². The average molecular weight is 326 g/mol. The third-order valence-corrected chi connectivity index (χ3v) is 3.19. The van der Waals surface area contributed by atoms with Gasteiger partial charge in [0, 0.05) is 22.4 Å². The maximum Gasteiger partial charge on any atom is 0.128 e. The summed E-state index contributed by atoms with van der Waals surface area (Å²) < 4.78 is 15.6. The number of aromatic nitrogens is 1. The van der Waals surface area contributed by atoms with Crippen molar-refractivity contribution in [1.29, 1.82) is 5.26 Å². The molecule has 0 N–H and O–H groups in total. The van der Waals surface area contributed by atoms with E-state index in [0.29, 0.717) is 5.69 Å². The Morgan fingerprint density at radius 3 is 2.50 bits per heavy atom. The predicted molar refractivity (Wildman–Crippen MR) is 68.2 cm³/mol. The first kappa shape index (κ1) is 11.1. The molecule has 0 spiro atoms. The van der Waals surface area contributed by atoms with E-state index in [9.17, 15) is 4.39 Å². The highest BCUT2D eigenvalue weighted by atomic mass is 127. The molecule has 0 saturated heterocycles. The summed E-state index contributed by atoms with van der Waals surface area (Å²) in [7, 11) is 1.83. The van der Waals surface area contributed by atoms with Crippen molar-refractivity contribution in [3.05, 3.63) is 45.5 Å². The fraction of sp³-hybridized carbons (Fsp3) is 0.0833. The van der Waals surface area contributed by atoms with Gasteiger partial charge in [-0.25, -0.2) is 4.39 Å². The lowest BCUT2D eigenvalue weighted by Crippen LogP contribution is -1.90. The maximum atomic E-state index is 12.8. The molecular weight excluding hydrogens is 318 g/mol. The number of aryl methyl sites for hydroxylation is 1. The van der Waals surface area contributed by atoms with Gasteiger partial charge in [-0.2, -0.15) is 5.26 Å². The first-order chi connectivity index (χ1) is 7.63. The number of halogens is 2. The van der Waals surface area contributed by atoms with E-state index in [1.165, 1.54) is 12.1 Å². The second-order valence-electron chi connectivity index (χ2n) is 3.43. The smallest absolute Gasteiger partial charge is 0.128 e. The van der Waals surface area contributed by atoms with Crippen molar-refractivity contribution in [3.63, 3.8) is 0 Å². The van der Waals surface area contributed by atoms with Crippen LogP contribution in [0.3, 0.4) is 0 Å². The van der Waals surface area contributed by atoms with E-state index in [-0.39, 0.29) is 5.82 Å². The van der Waals surface area contributed by atoms with Gasteiger partial charge in [0.1, 0.15) is 17.6 Å². The molecule has 0 aliphatic heterocycles. The molecule has 0 bridgehead atoms. The largest absolute Gasteiger partial charge is 0.341 e. The molecule has 0 saturated carbocycles. The number of hydrogen-bond acceptors (Lipinski definition) is 1. The summed E-state index contributed by atoms with van der Waals surface area (Å²) in [5.74, 6) is -0.270. The van der Waals surface area contributed by atoms with Gasteiger partial charge in [0.05, 0.1) is 0 Å². The van der Waals surface area contributed by atoms with Gasteiger partial charge in [-0.15, -0.1) is 0 Å². The van der Waals surface area contributed by atoms with Crippen LogP contribution in [0.1, 0.15) is 5.69 Å². The molecule has 2 nitrogen and oxygen atoms in total. The Kier molecular flexibility index (Phi) is 2.97. The Balaban J connectivity index is 2.64. The van der Waals surface area contributed by atoms with Crippen molar-refractivity contribution < 1.29 is 4.39 Å². The van der Waals surface area contributed by atoms with Gasteiger partial charge in [-0.05, 0) is 40.3 Å². The zero-order valence-corrected chi connectivity index (χ0v) is 10.7. The zero-order chi connectivity index (χ0) is 11.7. The van der Waals surface area contributed by atoms with E-state index in [2.05, 4.69) is 28.7 Å². The van der Waals surface area contributed by atoms with Gasteiger partial charge in [-0.3, -0.25) is 0 Å². The van der Waals surface area contributed by atoms with Crippen LogP contribution in [0.2, 0.25) is 0 Å². The highest BCUT2D eigenvalue weighted by Crippen LogP contribution is 2.29. The molecule has 1 aromatic heterocycles. The van der Waals surface area contributed by atoms with Crippen molar-refractivity contribution in [3.8, 4) is 17.2 Å². The van der Waals surface area contributed by atoms with Gasteiger partial charge in [0.15, 0.2) is 0 Å². The van der Waals surface area contributed by atoms with Crippen molar-refractivity contribution in [2.24, 2.45) is 7.05 Å². The highest BCUT2D eigenvalue weighted by molar-refractivity contribution is 14.1. The van der Waals surface area contributed by atoms with Gasteiger partial charge in [-0.1, -0.05) is 12.1 Å². The number of hydrogen-bond donors (Lipinski definition) is 0. The quantitative estimate of drug-likeness (QED) is 0.739. The Bertz CT molecular complexity index is 564. The molecule has 80 valence electrons. The SMILES string of the molecule is Cn1cc(I)c(-c2ccc(F)cc2)c1C#N. The van der Waals surface area contributed by atoms with Crippen LogP contribution in [-0.2, 0) is 7.05 Å². The van der Waals surface area contributed by atoms with Crippen molar-refractivity contribution >= 4 is 22.6 Å². The Morgan fingerprint density at radius 2 is 1.94 bits per heavy atom. The molecule has 0 atom stereocenters. The van der Waals surface area contributed by atoms with Gasteiger partial charge in [0.25, 0.3) is 0 Å². The molecule has 0 fully saturated rings. The van der Waals surface area contributed by atoms with Crippen molar-refractivity contribution in [2.45, 2.75) is 0 Å². The molecule has 16 heavy (non-hydrogen) atoms. The van der Waals surface area contributed by atoms with E-state index in [1.54, 1.807) is 16.7 Å². The molecule has 1 heterocycles. The third kappa shape index (κ3) is 1.83.